The maximum absolute atomic E-state index is 10.6. The summed E-state index contributed by atoms with van der Waals surface area (Å²) in [6, 6.07) is 0. The fourth-order valence-corrected chi connectivity index (χ4v) is 4.17. The molecule has 2 fully saturated rings. The highest BCUT2D eigenvalue weighted by Gasteiger charge is 2.49. The van der Waals surface area contributed by atoms with Crippen LogP contribution in [0.3, 0.4) is 0 Å². The summed E-state index contributed by atoms with van der Waals surface area (Å²) in [7, 11) is 0. The number of unbranched alkanes of at least 4 members (excludes halogenated alkanes) is 1. The fourth-order valence-electron chi connectivity index (χ4n) is 4.17. The highest BCUT2D eigenvalue weighted by molar-refractivity contribution is 5.49. The van der Waals surface area contributed by atoms with Crippen molar-refractivity contribution < 1.29 is 4.79 Å². The molecule has 2 aliphatic rings. The average molecular weight is 208 g/mol. The van der Waals surface area contributed by atoms with Crippen LogP contribution in [-0.2, 0) is 4.79 Å². The second-order valence-electron chi connectivity index (χ2n) is 5.75. The summed E-state index contributed by atoms with van der Waals surface area (Å²) >= 11 is 0. The van der Waals surface area contributed by atoms with Gasteiger partial charge < -0.3 is 4.79 Å². The third kappa shape index (κ3) is 2.11. The third-order valence-electron chi connectivity index (χ3n) is 4.89. The maximum Gasteiger partial charge on any atom is 0.120 e. The van der Waals surface area contributed by atoms with Crippen molar-refractivity contribution in [3.63, 3.8) is 0 Å². The minimum Gasteiger partial charge on any atom is -0.303 e. The molecule has 0 saturated heterocycles. The maximum atomic E-state index is 10.6. The van der Waals surface area contributed by atoms with Crippen molar-refractivity contribution in [2.75, 3.05) is 0 Å². The molecule has 3 unspecified atom stereocenters. The molecule has 15 heavy (non-hydrogen) atoms. The van der Waals surface area contributed by atoms with Crippen LogP contribution < -0.4 is 0 Å². The second kappa shape index (κ2) is 4.67. The lowest BCUT2D eigenvalue weighted by molar-refractivity contribution is -0.108. The van der Waals surface area contributed by atoms with Crippen LogP contribution in [0.1, 0.15) is 64.7 Å². The Morgan fingerprint density at radius 1 is 1.33 bits per heavy atom. The first kappa shape index (κ1) is 11.2. The smallest absolute Gasteiger partial charge is 0.120 e. The summed E-state index contributed by atoms with van der Waals surface area (Å²) in [6.45, 7) is 2.28. The molecule has 0 radical (unpaired) electrons. The van der Waals surface area contributed by atoms with Crippen LogP contribution in [0.4, 0.5) is 0 Å². The number of hydrogen-bond donors (Lipinski definition) is 0. The molecule has 0 aromatic rings. The quantitative estimate of drug-likeness (QED) is 0.604. The normalized spacial score (nSPS) is 38.5. The molecule has 2 rings (SSSR count). The predicted molar refractivity (Wildman–Crippen MR) is 62.7 cm³/mol. The van der Waals surface area contributed by atoms with Gasteiger partial charge in [-0.15, -0.1) is 0 Å². The van der Waals surface area contributed by atoms with Crippen molar-refractivity contribution in [3.8, 4) is 0 Å². The van der Waals surface area contributed by atoms with Crippen LogP contribution in [0, 0.1) is 17.3 Å². The largest absolute Gasteiger partial charge is 0.303 e. The summed E-state index contributed by atoms with van der Waals surface area (Å²) in [6.07, 6.45) is 13.0. The molecule has 0 aromatic heterocycles. The lowest BCUT2D eigenvalue weighted by Gasteiger charge is -2.38. The van der Waals surface area contributed by atoms with Crippen LogP contribution in [0.15, 0.2) is 0 Å². The number of aldehydes is 1. The van der Waals surface area contributed by atoms with Crippen molar-refractivity contribution in [1.82, 2.24) is 0 Å². The van der Waals surface area contributed by atoms with Gasteiger partial charge in [0.2, 0.25) is 0 Å². The summed E-state index contributed by atoms with van der Waals surface area (Å²) in [4.78, 5) is 10.6. The van der Waals surface area contributed by atoms with E-state index in [4.69, 9.17) is 0 Å². The Hall–Kier alpha value is -0.330. The van der Waals surface area contributed by atoms with Crippen LogP contribution in [0.5, 0.6) is 0 Å². The van der Waals surface area contributed by atoms with E-state index in [1.165, 1.54) is 51.4 Å². The Bertz CT molecular complexity index is 223. The van der Waals surface area contributed by atoms with Gasteiger partial charge in [0.15, 0.2) is 0 Å². The Balaban J connectivity index is 1.99. The Morgan fingerprint density at radius 2 is 2.20 bits per heavy atom. The molecule has 0 N–H and O–H groups in total. The van der Waals surface area contributed by atoms with Crippen LogP contribution in [0.2, 0.25) is 0 Å². The van der Waals surface area contributed by atoms with E-state index in [0.717, 1.165) is 24.5 Å². The van der Waals surface area contributed by atoms with E-state index < -0.39 is 0 Å². The van der Waals surface area contributed by atoms with Gasteiger partial charge in [0, 0.05) is 6.42 Å². The molecule has 2 saturated carbocycles. The molecule has 0 aliphatic heterocycles. The lowest BCUT2D eigenvalue weighted by atomic mass is 9.67. The number of carbonyl (C=O) groups is 1. The Kier molecular flexibility index (Phi) is 3.48. The first-order valence-electron chi connectivity index (χ1n) is 6.74. The van der Waals surface area contributed by atoms with Gasteiger partial charge >= 0.3 is 0 Å². The van der Waals surface area contributed by atoms with Crippen molar-refractivity contribution in [2.24, 2.45) is 17.3 Å². The van der Waals surface area contributed by atoms with Gasteiger partial charge in [-0.3, -0.25) is 0 Å². The van der Waals surface area contributed by atoms with Crippen LogP contribution >= 0.6 is 0 Å². The zero-order chi connectivity index (χ0) is 10.7. The van der Waals surface area contributed by atoms with Gasteiger partial charge in [-0.05, 0) is 49.4 Å². The van der Waals surface area contributed by atoms with Gasteiger partial charge in [0.1, 0.15) is 6.29 Å². The third-order valence-corrected chi connectivity index (χ3v) is 4.89. The summed E-state index contributed by atoms with van der Waals surface area (Å²) in [5.41, 5.74) is 0.583. The lowest BCUT2D eigenvalue weighted by Crippen LogP contribution is -2.28. The zero-order valence-electron chi connectivity index (χ0n) is 10.0. The highest BCUT2D eigenvalue weighted by Crippen LogP contribution is 2.60. The molecule has 86 valence electrons. The van der Waals surface area contributed by atoms with E-state index in [-0.39, 0.29) is 0 Å². The molecular weight excluding hydrogens is 184 g/mol. The Labute approximate surface area is 93.6 Å². The van der Waals surface area contributed by atoms with Gasteiger partial charge in [0.25, 0.3) is 0 Å². The highest BCUT2D eigenvalue weighted by atomic mass is 16.1. The van der Waals surface area contributed by atoms with Gasteiger partial charge in [-0.25, -0.2) is 0 Å². The predicted octanol–water partition coefficient (Wildman–Crippen LogP) is 3.96. The number of fused-ring (bicyclic) bond motifs is 2. The van der Waals surface area contributed by atoms with E-state index >= 15 is 0 Å². The van der Waals surface area contributed by atoms with Crippen molar-refractivity contribution in [2.45, 2.75) is 64.7 Å². The van der Waals surface area contributed by atoms with Crippen molar-refractivity contribution in [1.29, 1.82) is 0 Å². The molecule has 0 amide bonds. The first-order chi connectivity index (χ1) is 7.30. The van der Waals surface area contributed by atoms with E-state index in [2.05, 4.69) is 6.92 Å². The molecule has 2 bridgehead atoms. The minimum absolute atomic E-state index is 0.583. The molecule has 1 heteroatoms. The first-order valence-corrected chi connectivity index (χ1v) is 6.74. The molecule has 2 aliphatic carbocycles. The summed E-state index contributed by atoms with van der Waals surface area (Å²) in [5.74, 6) is 1.98. The zero-order valence-corrected chi connectivity index (χ0v) is 10.0. The monoisotopic (exact) mass is 208 g/mol. The summed E-state index contributed by atoms with van der Waals surface area (Å²) in [5, 5.41) is 0. The van der Waals surface area contributed by atoms with E-state index in [9.17, 15) is 4.79 Å². The number of carbonyl (C=O) groups excluding carboxylic acids is 1. The van der Waals surface area contributed by atoms with Gasteiger partial charge in [-0.1, -0.05) is 26.2 Å². The topological polar surface area (TPSA) is 17.1 Å². The van der Waals surface area contributed by atoms with E-state index in [1.807, 2.05) is 0 Å². The molecular formula is C14H24O. The number of hydrogen-bond acceptors (Lipinski definition) is 1. The van der Waals surface area contributed by atoms with Gasteiger partial charge in [-0.2, -0.15) is 0 Å². The summed E-state index contributed by atoms with van der Waals surface area (Å²) < 4.78 is 0. The Morgan fingerprint density at radius 3 is 2.73 bits per heavy atom. The molecule has 0 spiro atoms. The van der Waals surface area contributed by atoms with E-state index in [1.54, 1.807) is 0 Å². The van der Waals surface area contributed by atoms with Crippen LogP contribution in [0.25, 0.3) is 0 Å². The molecule has 1 nitrogen and oxygen atoms in total. The molecule has 0 aromatic carbocycles. The molecule has 0 heterocycles. The number of rotatable bonds is 6. The van der Waals surface area contributed by atoms with E-state index in [0.29, 0.717) is 5.41 Å². The van der Waals surface area contributed by atoms with Gasteiger partial charge in [0.05, 0.1) is 0 Å². The van der Waals surface area contributed by atoms with Crippen LogP contribution in [-0.4, -0.2) is 6.29 Å². The standard InChI is InChI=1S/C14H24O/c1-2-3-7-14(8-4-9-15)11-12-5-6-13(14)10-12/h9,12-13H,2-8,10-11H2,1H3. The SMILES string of the molecule is CCCCC1(CCC=O)CC2CCC1C2. The average Bonchev–Trinajstić information content (AvgIpc) is 2.84. The molecule has 3 atom stereocenters. The van der Waals surface area contributed by atoms with Crippen molar-refractivity contribution >= 4 is 6.29 Å². The second-order valence-corrected chi connectivity index (χ2v) is 5.75. The fraction of sp³-hybridized carbons (Fsp3) is 0.929. The minimum atomic E-state index is 0.583. The van der Waals surface area contributed by atoms with Crippen molar-refractivity contribution in [3.05, 3.63) is 0 Å².